The number of para-hydroxylation sites is 2. The molecule has 3 aliphatic rings. The summed E-state index contributed by atoms with van der Waals surface area (Å²) in [6.45, 7) is 0.160. The number of fused-ring (bicyclic) bond motifs is 2. The molecule has 0 fully saturated rings. The van der Waals surface area contributed by atoms with Crippen LogP contribution in [0.3, 0.4) is 0 Å². The van der Waals surface area contributed by atoms with Crippen LogP contribution >= 0.6 is 35.6 Å². The van der Waals surface area contributed by atoms with Crippen molar-refractivity contribution < 1.29 is 14.3 Å². The number of Topliss-reactive ketones (excluding diaryl/α,β-unsaturated/α-hetero) is 1. The van der Waals surface area contributed by atoms with Crippen LogP contribution in [0.15, 0.2) is 71.9 Å². The van der Waals surface area contributed by atoms with Gasteiger partial charge >= 0.3 is 0 Å². The average molecular weight is 516 g/mol. The predicted molar refractivity (Wildman–Crippen MR) is 137 cm³/mol. The van der Waals surface area contributed by atoms with Gasteiger partial charge in [0.25, 0.3) is 0 Å². The summed E-state index contributed by atoms with van der Waals surface area (Å²) in [5.74, 6) is 1.40. The van der Waals surface area contributed by atoms with Crippen LogP contribution in [0.4, 0.5) is 11.4 Å². The third kappa shape index (κ3) is 3.98. The molecule has 0 radical (unpaired) electrons. The number of carbonyl (C=O) groups is 1. The fraction of sp³-hybridized carbons (Fsp3) is 0.192. The highest BCUT2D eigenvalue weighted by Gasteiger charge is 2.37. The molecule has 0 bridgehead atoms. The molecule has 2 N–H and O–H groups in total. The summed E-state index contributed by atoms with van der Waals surface area (Å²) in [6, 6.07) is 18.9. The first kappa shape index (κ1) is 22.9. The Balaban J connectivity index is 0.00000241. The Morgan fingerprint density at radius 3 is 2.35 bits per heavy atom. The maximum atomic E-state index is 13.6. The molecule has 34 heavy (non-hydrogen) atoms. The molecule has 0 spiro atoms. The van der Waals surface area contributed by atoms with E-state index in [-0.39, 0.29) is 30.9 Å². The highest BCUT2D eigenvalue weighted by Crippen LogP contribution is 2.47. The first-order valence-electron chi connectivity index (χ1n) is 10.8. The van der Waals surface area contributed by atoms with Crippen molar-refractivity contribution in [1.29, 1.82) is 0 Å². The van der Waals surface area contributed by atoms with Gasteiger partial charge in [-0.15, -0.1) is 12.4 Å². The minimum atomic E-state index is -0.420. The van der Waals surface area contributed by atoms with Crippen molar-refractivity contribution in [3.05, 3.63) is 93.1 Å². The Morgan fingerprint density at radius 1 is 0.882 bits per heavy atom. The maximum absolute atomic E-state index is 13.6. The van der Waals surface area contributed by atoms with Crippen LogP contribution in [0.5, 0.6) is 11.5 Å². The molecular formula is C26H21Cl3N2O3. The van der Waals surface area contributed by atoms with Crippen LogP contribution in [0, 0.1) is 0 Å². The van der Waals surface area contributed by atoms with E-state index in [1.165, 1.54) is 0 Å². The predicted octanol–water partition coefficient (Wildman–Crippen LogP) is 7.12. The number of rotatable bonds is 2. The minimum Gasteiger partial charge on any atom is -0.454 e. The Kier molecular flexibility index (Phi) is 6.11. The number of allylic oxidation sites excluding steroid dienone is 1. The van der Waals surface area contributed by atoms with Crippen LogP contribution in [0.25, 0.3) is 0 Å². The van der Waals surface area contributed by atoms with Gasteiger partial charge in [0.1, 0.15) is 0 Å². The lowest BCUT2D eigenvalue weighted by Gasteiger charge is -2.30. The first-order chi connectivity index (χ1) is 16.1. The fourth-order valence-electron chi connectivity index (χ4n) is 4.85. The number of hydrogen-bond acceptors (Lipinski definition) is 5. The third-order valence-corrected chi connectivity index (χ3v) is 7.03. The molecule has 0 aromatic heterocycles. The van der Waals surface area contributed by atoms with E-state index >= 15 is 0 Å². The van der Waals surface area contributed by atoms with E-state index < -0.39 is 6.04 Å². The monoisotopic (exact) mass is 514 g/mol. The summed E-state index contributed by atoms with van der Waals surface area (Å²) in [5, 5.41) is 8.31. The molecule has 0 saturated heterocycles. The third-order valence-electron chi connectivity index (χ3n) is 6.45. The molecule has 0 amide bonds. The summed E-state index contributed by atoms with van der Waals surface area (Å²) < 4.78 is 11.1. The number of hydrogen-bond donors (Lipinski definition) is 2. The average Bonchev–Trinajstić information content (AvgIpc) is 3.18. The normalized spacial score (nSPS) is 20.4. The lowest BCUT2D eigenvalue weighted by atomic mass is 9.78. The van der Waals surface area contributed by atoms with Gasteiger partial charge in [-0.1, -0.05) is 47.5 Å². The largest absolute Gasteiger partial charge is 0.454 e. The molecule has 8 heteroatoms. The van der Waals surface area contributed by atoms with Gasteiger partial charge < -0.3 is 20.1 Å². The molecule has 1 aliphatic carbocycles. The highest BCUT2D eigenvalue weighted by atomic mass is 35.5. The van der Waals surface area contributed by atoms with E-state index in [1.54, 1.807) is 6.07 Å². The van der Waals surface area contributed by atoms with Gasteiger partial charge in [-0.2, -0.15) is 0 Å². The van der Waals surface area contributed by atoms with E-state index in [9.17, 15) is 4.79 Å². The number of benzene rings is 3. The molecule has 3 aromatic carbocycles. The van der Waals surface area contributed by atoms with Crippen LogP contribution in [0.1, 0.15) is 35.9 Å². The van der Waals surface area contributed by atoms with Gasteiger partial charge in [0.15, 0.2) is 17.3 Å². The number of halogens is 3. The van der Waals surface area contributed by atoms with Crippen molar-refractivity contribution >= 4 is 52.8 Å². The molecule has 2 atom stereocenters. The minimum absolute atomic E-state index is 0. The van der Waals surface area contributed by atoms with E-state index in [4.69, 9.17) is 32.7 Å². The molecule has 6 rings (SSSR count). The summed E-state index contributed by atoms with van der Waals surface area (Å²) in [4.78, 5) is 13.6. The molecule has 174 valence electrons. The van der Waals surface area contributed by atoms with Gasteiger partial charge in [-0.25, -0.2) is 0 Å². The van der Waals surface area contributed by atoms with Crippen LogP contribution in [0.2, 0.25) is 10.0 Å². The van der Waals surface area contributed by atoms with E-state index in [0.29, 0.717) is 40.0 Å². The number of ether oxygens (including phenoxy) is 2. The quantitative estimate of drug-likeness (QED) is 0.380. The summed E-state index contributed by atoms with van der Waals surface area (Å²) in [7, 11) is 0. The Hall–Kier alpha value is -2.86. The Labute approximate surface area is 213 Å². The molecule has 2 unspecified atom stereocenters. The molecular weight excluding hydrogens is 495 g/mol. The molecule has 2 heterocycles. The van der Waals surface area contributed by atoms with Crippen LogP contribution in [-0.2, 0) is 4.79 Å². The van der Waals surface area contributed by atoms with E-state index in [0.717, 1.165) is 28.2 Å². The molecule has 0 saturated carbocycles. The number of nitrogens with one attached hydrogen (secondary N) is 2. The van der Waals surface area contributed by atoms with Gasteiger partial charge in [0, 0.05) is 34.3 Å². The first-order valence-corrected chi connectivity index (χ1v) is 11.6. The number of carbonyl (C=O) groups excluding carboxylic acids is 1. The van der Waals surface area contributed by atoms with Gasteiger partial charge in [-0.05, 0) is 48.2 Å². The standard InChI is InChI=1S/C26H20Cl2N2O3.ClH/c27-16-7-5-14(6-8-16)15-9-21-25(22(31)10-15)26(30-20-4-2-1-3-19(20)29-21)17-11-23-24(12-18(17)28)33-13-32-23;/h1-8,11-12,15,26,29-30H,9-10,13H2;1H. The van der Waals surface area contributed by atoms with Gasteiger partial charge in [0.05, 0.1) is 22.4 Å². The lowest BCUT2D eigenvalue weighted by Crippen LogP contribution is -2.27. The van der Waals surface area contributed by atoms with E-state index in [2.05, 4.69) is 10.6 Å². The smallest absolute Gasteiger partial charge is 0.231 e. The second kappa shape index (κ2) is 9.06. The second-order valence-electron chi connectivity index (χ2n) is 8.45. The van der Waals surface area contributed by atoms with Crippen molar-refractivity contribution in [2.24, 2.45) is 0 Å². The zero-order valence-electron chi connectivity index (χ0n) is 17.9. The van der Waals surface area contributed by atoms with Crippen LogP contribution in [-0.4, -0.2) is 12.6 Å². The zero-order valence-corrected chi connectivity index (χ0v) is 20.3. The molecule has 2 aliphatic heterocycles. The van der Waals surface area contributed by atoms with Gasteiger partial charge in [0.2, 0.25) is 6.79 Å². The SMILES string of the molecule is Cl.O=C1CC(c2ccc(Cl)cc2)CC2=C1C(c1cc3c(cc1Cl)OCO3)Nc1ccccc1N2. The van der Waals surface area contributed by atoms with Crippen LogP contribution < -0.4 is 20.1 Å². The Morgan fingerprint density at radius 2 is 1.59 bits per heavy atom. The van der Waals surface area contributed by atoms with E-state index in [1.807, 2.05) is 54.6 Å². The molecule has 3 aromatic rings. The number of anilines is 2. The highest BCUT2D eigenvalue weighted by molar-refractivity contribution is 6.32. The summed E-state index contributed by atoms with van der Waals surface area (Å²) in [6.07, 6.45) is 1.12. The van der Waals surface area contributed by atoms with Crippen molar-refractivity contribution in [3.63, 3.8) is 0 Å². The van der Waals surface area contributed by atoms with Crippen molar-refractivity contribution in [2.45, 2.75) is 24.8 Å². The summed E-state index contributed by atoms with van der Waals surface area (Å²) in [5.41, 5.74) is 5.32. The lowest BCUT2D eigenvalue weighted by molar-refractivity contribution is -0.116. The topological polar surface area (TPSA) is 59.6 Å². The fourth-order valence-corrected chi connectivity index (χ4v) is 5.24. The van der Waals surface area contributed by atoms with Crippen molar-refractivity contribution in [3.8, 4) is 11.5 Å². The Bertz CT molecular complexity index is 1310. The van der Waals surface area contributed by atoms with Crippen molar-refractivity contribution in [1.82, 2.24) is 0 Å². The zero-order chi connectivity index (χ0) is 22.5. The maximum Gasteiger partial charge on any atom is 0.231 e. The summed E-state index contributed by atoms with van der Waals surface area (Å²) >= 11 is 12.8. The second-order valence-corrected chi connectivity index (χ2v) is 9.29. The number of ketones is 1. The molecule has 5 nitrogen and oxygen atoms in total. The van der Waals surface area contributed by atoms with Crippen molar-refractivity contribution in [2.75, 3.05) is 17.4 Å². The van der Waals surface area contributed by atoms with Gasteiger partial charge in [-0.3, -0.25) is 4.79 Å².